The van der Waals surface area contributed by atoms with E-state index in [0.717, 1.165) is 11.8 Å². The Balaban J connectivity index is 2.32. The number of benzene rings is 1. The van der Waals surface area contributed by atoms with Gasteiger partial charge in [0.05, 0.1) is 12.7 Å². The van der Waals surface area contributed by atoms with E-state index in [1.54, 1.807) is 30.3 Å². The lowest BCUT2D eigenvalue weighted by molar-refractivity contribution is -0.132. The minimum atomic E-state index is -0.734. The van der Waals surface area contributed by atoms with Crippen molar-refractivity contribution in [3.8, 4) is 0 Å². The number of hydrogen-bond donors (Lipinski definition) is 1. The van der Waals surface area contributed by atoms with Crippen LogP contribution in [0.3, 0.4) is 0 Å². The highest BCUT2D eigenvalue weighted by Crippen LogP contribution is 2.07. The molecule has 0 unspecified atom stereocenters. The smallest absolute Gasteiger partial charge is 0.366 e. The molecule has 0 aliphatic carbocycles. The van der Waals surface area contributed by atoms with E-state index >= 15 is 0 Å². The van der Waals surface area contributed by atoms with Gasteiger partial charge in [-0.15, -0.1) is 0 Å². The van der Waals surface area contributed by atoms with Crippen molar-refractivity contribution in [2.24, 2.45) is 5.16 Å². The Labute approximate surface area is 114 Å². The molecule has 0 aliphatic heterocycles. The minimum absolute atomic E-state index is 0.0917. The first kappa shape index (κ1) is 15.0. The van der Waals surface area contributed by atoms with Gasteiger partial charge in [0, 0.05) is 5.75 Å². The van der Waals surface area contributed by atoms with Gasteiger partial charge >= 0.3 is 11.9 Å². The third-order valence-electron chi connectivity index (χ3n) is 2.02. The Bertz CT molecular complexity index is 460. The number of carbonyl (C=O) groups excluding carboxylic acids is 2. The standard InChI is InChI=1S/C12H13NO5S/c1-17-12(15)10(13-16)19-8-7-18-11(14)9-5-3-2-4-6-9/h2-6,16H,7-8H2,1H3/b13-10-. The molecule has 0 aliphatic rings. The molecule has 1 aromatic carbocycles. The van der Waals surface area contributed by atoms with Crippen LogP contribution in [0.5, 0.6) is 0 Å². The summed E-state index contributed by atoms with van der Waals surface area (Å²) in [5.41, 5.74) is 0.455. The number of thioether (sulfide) groups is 1. The van der Waals surface area contributed by atoms with Crippen molar-refractivity contribution in [1.29, 1.82) is 0 Å². The highest BCUT2D eigenvalue weighted by atomic mass is 32.2. The predicted octanol–water partition coefficient (Wildman–Crippen LogP) is 1.54. The van der Waals surface area contributed by atoms with Crippen LogP contribution in [-0.2, 0) is 14.3 Å². The van der Waals surface area contributed by atoms with Gasteiger partial charge in [0.2, 0.25) is 5.04 Å². The van der Waals surface area contributed by atoms with Gasteiger partial charge in [0.15, 0.2) is 0 Å². The number of carbonyl (C=O) groups is 2. The second-order valence-corrected chi connectivity index (χ2v) is 4.33. The molecule has 0 radical (unpaired) electrons. The lowest BCUT2D eigenvalue weighted by Crippen LogP contribution is -2.15. The molecule has 19 heavy (non-hydrogen) atoms. The molecule has 6 nitrogen and oxygen atoms in total. The number of oxime groups is 1. The van der Waals surface area contributed by atoms with E-state index in [9.17, 15) is 9.59 Å². The van der Waals surface area contributed by atoms with Crippen molar-refractivity contribution in [2.45, 2.75) is 0 Å². The fraction of sp³-hybridized carbons (Fsp3) is 0.250. The molecule has 1 rings (SSSR count). The van der Waals surface area contributed by atoms with E-state index in [-0.39, 0.29) is 17.4 Å². The van der Waals surface area contributed by atoms with Gasteiger partial charge in [-0.05, 0) is 12.1 Å². The van der Waals surface area contributed by atoms with E-state index in [1.807, 2.05) is 0 Å². The van der Waals surface area contributed by atoms with Gasteiger partial charge < -0.3 is 14.7 Å². The summed E-state index contributed by atoms with van der Waals surface area (Å²) in [6.45, 7) is 0.0917. The Hall–Kier alpha value is -2.02. The molecule has 0 aromatic heterocycles. The van der Waals surface area contributed by atoms with E-state index in [1.165, 1.54) is 7.11 Å². The average Bonchev–Trinajstić information content (AvgIpc) is 2.47. The zero-order valence-electron chi connectivity index (χ0n) is 10.2. The summed E-state index contributed by atoms with van der Waals surface area (Å²) in [6.07, 6.45) is 0. The monoisotopic (exact) mass is 283 g/mol. The summed E-state index contributed by atoms with van der Waals surface area (Å²) < 4.78 is 9.38. The van der Waals surface area contributed by atoms with Gasteiger partial charge in [-0.25, -0.2) is 9.59 Å². The summed E-state index contributed by atoms with van der Waals surface area (Å²) in [5, 5.41) is 11.2. The maximum absolute atomic E-state index is 11.5. The first-order chi connectivity index (χ1) is 9.19. The van der Waals surface area contributed by atoms with Crippen molar-refractivity contribution in [3.63, 3.8) is 0 Å². The molecule has 7 heteroatoms. The Morgan fingerprint density at radius 3 is 2.58 bits per heavy atom. The normalized spacial score (nSPS) is 10.9. The highest BCUT2D eigenvalue weighted by molar-refractivity contribution is 8.15. The van der Waals surface area contributed by atoms with Crippen molar-refractivity contribution >= 4 is 28.7 Å². The number of ether oxygens (including phenoxy) is 2. The zero-order valence-corrected chi connectivity index (χ0v) is 11.1. The Morgan fingerprint density at radius 2 is 2.00 bits per heavy atom. The van der Waals surface area contributed by atoms with Crippen LogP contribution in [0.4, 0.5) is 0 Å². The van der Waals surface area contributed by atoms with Crippen LogP contribution in [0.25, 0.3) is 0 Å². The zero-order chi connectivity index (χ0) is 14.1. The molecule has 1 N–H and O–H groups in total. The van der Waals surface area contributed by atoms with Gasteiger partial charge in [-0.2, -0.15) is 0 Å². The first-order valence-electron chi connectivity index (χ1n) is 5.34. The van der Waals surface area contributed by atoms with Crippen molar-refractivity contribution in [3.05, 3.63) is 35.9 Å². The maximum atomic E-state index is 11.5. The lowest BCUT2D eigenvalue weighted by atomic mass is 10.2. The molecule has 0 amide bonds. The molecule has 102 valence electrons. The number of methoxy groups -OCH3 is 1. The Kier molecular flexibility index (Phi) is 6.45. The molecule has 0 fully saturated rings. The third kappa shape index (κ3) is 5.01. The summed E-state index contributed by atoms with van der Waals surface area (Å²) in [4.78, 5) is 22.6. The molecule has 0 bridgehead atoms. The summed E-state index contributed by atoms with van der Waals surface area (Å²) >= 11 is 0.940. The van der Waals surface area contributed by atoms with Crippen molar-refractivity contribution in [1.82, 2.24) is 0 Å². The van der Waals surface area contributed by atoms with E-state index in [0.29, 0.717) is 5.56 Å². The quantitative estimate of drug-likeness (QED) is 0.225. The van der Waals surface area contributed by atoms with Crippen LogP contribution < -0.4 is 0 Å². The predicted molar refractivity (Wildman–Crippen MR) is 70.4 cm³/mol. The van der Waals surface area contributed by atoms with E-state index in [2.05, 4.69) is 9.89 Å². The molecular formula is C12H13NO5S. The van der Waals surface area contributed by atoms with Crippen LogP contribution in [0.15, 0.2) is 35.5 Å². The number of nitrogens with zero attached hydrogens (tertiary/aromatic N) is 1. The topological polar surface area (TPSA) is 85.2 Å². The molecule has 1 aromatic rings. The van der Waals surface area contributed by atoms with Crippen LogP contribution >= 0.6 is 11.8 Å². The highest BCUT2D eigenvalue weighted by Gasteiger charge is 2.13. The van der Waals surface area contributed by atoms with E-state index in [4.69, 9.17) is 9.94 Å². The first-order valence-corrected chi connectivity index (χ1v) is 6.33. The van der Waals surface area contributed by atoms with Gasteiger partial charge in [-0.3, -0.25) is 0 Å². The second-order valence-electron chi connectivity index (χ2n) is 3.25. The molecule has 0 spiro atoms. The van der Waals surface area contributed by atoms with Crippen LogP contribution in [0.2, 0.25) is 0 Å². The number of rotatable bonds is 4. The third-order valence-corrected chi connectivity index (χ3v) is 2.91. The van der Waals surface area contributed by atoms with Crippen LogP contribution in [-0.4, -0.2) is 41.7 Å². The summed E-state index contributed by atoms with van der Waals surface area (Å²) in [5.74, 6) is -0.892. The lowest BCUT2D eigenvalue weighted by Gasteiger charge is -2.04. The average molecular weight is 283 g/mol. The maximum Gasteiger partial charge on any atom is 0.366 e. The fourth-order valence-corrected chi connectivity index (χ4v) is 1.77. The Morgan fingerprint density at radius 1 is 1.32 bits per heavy atom. The van der Waals surface area contributed by atoms with Gasteiger partial charge in [0.1, 0.15) is 6.61 Å². The van der Waals surface area contributed by atoms with E-state index < -0.39 is 11.9 Å². The molecule has 0 heterocycles. The van der Waals surface area contributed by atoms with Crippen molar-refractivity contribution in [2.75, 3.05) is 19.5 Å². The van der Waals surface area contributed by atoms with Gasteiger partial charge in [-0.1, -0.05) is 35.1 Å². The minimum Gasteiger partial charge on any atom is -0.464 e. The number of esters is 2. The molecular weight excluding hydrogens is 270 g/mol. The largest absolute Gasteiger partial charge is 0.464 e. The van der Waals surface area contributed by atoms with Crippen LogP contribution in [0, 0.1) is 0 Å². The van der Waals surface area contributed by atoms with Crippen LogP contribution in [0.1, 0.15) is 10.4 Å². The van der Waals surface area contributed by atoms with Crippen molar-refractivity contribution < 1.29 is 24.3 Å². The molecule has 0 atom stereocenters. The molecule has 0 saturated carbocycles. The summed E-state index contributed by atoms with van der Waals surface area (Å²) in [7, 11) is 1.18. The SMILES string of the molecule is COC(=O)/C(=N/O)SCCOC(=O)c1ccccc1. The summed E-state index contributed by atoms with van der Waals surface area (Å²) in [6, 6.07) is 8.56. The van der Waals surface area contributed by atoms with Gasteiger partial charge in [0.25, 0.3) is 0 Å². The molecule has 0 saturated heterocycles. The second kappa shape index (κ2) is 8.15. The number of hydrogen-bond acceptors (Lipinski definition) is 7. The fourth-order valence-electron chi connectivity index (χ4n) is 1.15.